The zero-order valence-electron chi connectivity index (χ0n) is 15.0. The summed E-state index contributed by atoms with van der Waals surface area (Å²) in [5.74, 6) is 1.15. The lowest BCUT2D eigenvalue weighted by Crippen LogP contribution is -2.46. The molecule has 0 N–H and O–H groups in total. The number of nitrogens with zero attached hydrogens (tertiary/aromatic N) is 3. The second-order valence-electron chi connectivity index (χ2n) is 7.07. The number of ether oxygens (including phenoxy) is 1. The molecule has 4 rings (SSSR count). The van der Waals surface area contributed by atoms with Gasteiger partial charge in [-0.1, -0.05) is 6.07 Å². The third-order valence-electron chi connectivity index (χ3n) is 5.21. The standard InChI is InChI=1S/C20H27N3OS/c1-16-5-4-9-21-20(16)23-12-10-22(11-13-23)15-17-7-8-19(25-17)18-6-2-3-14-24-18/h4-5,7-9,18H,2-3,6,10-15H2,1H3. The van der Waals surface area contributed by atoms with Gasteiger partial charge in [-0.05, 0) is 49.9 Å². The van der Waals surface area contributed by atoms with Gasteiger partial charge in [-0.15, -0.1) is 11.3 Å². The van der Waals surface area contributed by atoms with Gasteiger partial charge in [0, 0.05) is 55.3 Å². The molecule has 2 aliphatic heterocycles. The van der Waals surface area contributed by atoms with E-state index < -0.39 is 0 Å². The van der Waals surface area contributed by atoms with Crippen molar-refractivity contribution >= 4 is 17.2 Å². The first-order chi connectivity index (χ1) is 12.3. The van der Waals surface area contributed by atoms with Gasteiger partial charge in [0.25, 0.3) is 0 Å². The van der Waals surface area contributed by atoms with Crippen LogP contribution >= 0.6 is 11.3 Å². The summed E-state index contributed by atoms with van der Waals surface area (Å²) < 4.78 is 5.92. The van der Waals surface area contributed by atoms with Gasteiger partial charge in [0.05, 0.1) is 6.10 Å². The molecule has 2 aliphatic rings. The van der Waals surface area contributed by atoms with E-state index in [0.29, 0.717) is 6.10 Å². The number of aromatic nitrogens is 1. The lowest BCUT2D eigenvalue weighted by Gasteiger charge is -2.35. The van der Waals surface area contributed by atoms with Gasteiger partial charge in [0.15, 0.2) is 0 Å². The average Bonchev–Trinajstić information content (AvgIpc) is 3.12. The first kappa shape index (κ1) is 17.0. The van der Waals surface area contributed by atoms with Crippen LogP contribution in [0.4, 0.5) is 5.82 Å². The predicted molar refractivity (Wildman–Crippen MR) is 103 cm³/mol. The summed E-state index contributed by atoms with van der Waals surface area (Å²) in [5, 5.41) is 0. The van der Waals surface area contributed by atoms with Gasteiger partial charge < -0.3 is 9.64 Å². The molecular formula is C20H27N3OS. The smallest absolute Gasteiger partial charge is 0.131 e. The Balaban J connectivity index is 1.31. The van der Waals surface area contributed by atoms with E-state index in [1.807, 2.05) is 23.6 Å². The molecule has 25 heavy (non-hydrogen) atoms. The maximum absolute atomic E-state index is 5.92. The minimum absolute atomic E-state index is 0.344. The summed E-state index contributed by atoms with van der Waals surface area (Å²) in [5.41, 5.74) is 1.27. The molecule has 1 atom stereocenters. The topological polar surface area (TPSA) is 28.6 Å². The Morgan fingerprint density at radius 1 is 1.16 bits per heavy atom. The van der Waals surface area contributed by atoms with Crippen LogP contribution in [0, 0.1) is 6.92 Å². The van der Waals surface area contributed by atoms with Crippen LogP contribution in [0.1, 0.15) is 40.7 Å². The highest BCUT2D eigenvalue weighted by molar-refractivity contribution is 7.12. The molecule has 1 unspecified atom stereocenters. The summed E-state index contributed by atoms with van der Waals surface area (Å²) >= 11 is 1.94. The van der Waals surface area contributed by atoms with Crippen molar-refractivity contribution in [3.8, 4) is 0 Å². The fourth-order valence-electron chi connectivity index (χ4n) is 3.76. The molecule has 2 saturated heterocycles. The largest absolute Gasteiger partial charge is 0.373 e. The molecule has 0 amide bonds. The molecule has 2 aromatic rings. The number of aryl methyl sites for hydroxylation is 1. The number of piperazine rings is 1. The van der Waals surface area contributed by atoms with Crippen molar-refractivity contribution < 1.29 is 4.74 Å². The van der Waals surface area contributed by atoms with Crippen LogP contribution in [0.15, 0.2) is 30.5 Å². The van der Waals surface area contributed by atoms with E-state index >= 15 is 0 Å². The lowest BCUT2D eigenvalue weighted by molar-refractivity contribution is 0.0172. The quantitative estimate of drug-likeness (QED) is 0.826. The van der Waals surface area contributed by atoms with Gasteiger partial charge in [0.1, 0.15) is 5.82 Å². The van der Waals surface area contributed by atoms with Crippen LogP contribution in [0.25, 0.3) is 0 Å². The molecule has 4 heterocycles. The maximum Gasteiger partial charge on any atom is 0.131 e. The molecule has 0 bridgehead atoms. The van der Waals surface area contributed by atoms with Gasteiger partial charge >= 0.3 is 0 Å². The molecule has 0 spiro atoms. The molecule has 0 aromatic carbocycles. The summed E-state index contributed by atoms with van der Waals surface area (Å²) in [6, 6.07) is 8.74. The second-order valence-corrected chi connectivity index (χ2v) is 8.27. The number of hydrogen-bond acceptors (Lipinski definition) is 5. The van der Waals surface area contributed by atoms with E-state index in [0.717, 1.165) is 45.1 Å². The summed E-state index contributed by atoms with van der Waals surface area (Å²) in [4.78, 5) is 12.4. The Kier molecular flexibility index (Phi) is 5.34. The first-order valence-electron chi connectivity index (χ1n) is 9.39. The highest BCUT2D eigenvalue weighted by Crippen LogP contribution is 2.33. The number of hydrogen-bond donors (Lipinski definition) is 0. The van der Waals surface area contributed by atoms with Crippen molar-refractivity contribution in [2.75, 3.05) is 37.7 Å². The highest BCUT2D eigenvalue weighted by Gasteiger charge is 2.21. The van der Waals surface area contributed by atoms with Crippen molar-refractivity contribution in [2.45, 2.75) is 38.8 Å². The van der Waals surface area contributed by atoms with Gasteiger partial charge in [-0.3, -0.25) is 4.90 Å². The maximum atomic E-state index is 5.92. The number of thiophene rings is 1. The third kappa shape index (κ3) is 4.05. The summed E-state index contributed by atoms with van der Waals surface area (Å²) in [6.45, 7) is 8.45. The zero-order chi connectivity index (χ0) is 17.1. The summed E-state index contributed by atoms with van der Waals surface area (Å²) in [7, 11) is 0. The van der Waals surface area contributed by atoms with E-state index in [1.54, 1.807) is 0 Å². The molecule has 0 saturated carbocycles. The van der Waals surface area contributed by atoms with Gasteiger partial charge in [-0.2, -0.15) is 0 Å². The molecule has 5 heteroatoms. The molecule has 4 nitrogen and oxygen atoms in total. The SMILES string of the molecule is Cc1cccnc1N1CCN(Cc2ccc(C3CCCCO3)s2)CC1. The average molecular weight is 358 g/mol. The van der Waals surface area contributed by atoms with Crippen LogP contribution in [0.2, 0.25) is 0 Å². The number of anilines is 1. The van der Waals surface area contributed by atoms with Crippen molar-refractivity contribution in [3.63, 3.8) is 0 Å². The summed E-state index contributed by atoms with van der Waals surface area (Å²) in [6.07, 6.45) is 5.94. The fourth-order valence-corrected chi connectivity index (χ4v) is 4.90. The van der Waals surface area contributed by atoms with E-state index in [1.165, 1.54) is 34.6 Å². The molecule has 0 aliphatic carbocycles. The van der Waals surface area contributed by atoms with Crippen LogP contribution in [0.3, 0.4) is 0 Å². The monoisotopic (exact) mass is 357 g/mol. The lowest BCUT2D eigenvalue weighted by atomic mass is 10.1. The first-order valence-corrected chi connectivity index (χ1v) is 10.2. The highest BCUT2D eigenvalue weighted by atomic mass is 32.1. The molecule has 0 radical (unpaired) electrons. The molecular weight excluding hydrogens is 330 g/mol. The van der Waals surface area contributed by atoms with E-state index in [9.17, 15) is 0 Å². The molecule has 2 aromatic heterocycles. The van der Waals surface area contributed by atoms with E-state index in [2.05, 4.69) is 39.9 Å². The Hall–Kier alpha value is -1.43. The van der Waals surface area contributed by atoms with Crippen LogP contribution in [-0.2, 0) is 11.3 Å². The number of pyridine rings is 1. The van der Waals surface area contributed by atoms with Crippen molar-refractivity contribution in [2.24, 2.45) is 0 Å². The Morgan fingerprint density at radius 2 is 2.04 bits per heavy atom. The fraction of sp³-hybridized carbons (Fsp3) is 0.550. The van der Waals surface area contributed by atoms with Gasteiger partial charge in [0.2, 0.25) is 0 Å². The van der Waals surface area contributed by atoms with E-state index in [-0.39, 0.29) is 0 Å². The molecule has 2 fully saturated rings. The van der Waals surface area contributed by atoms with E-state index in [4.69, 9.17) is 4.74 Å². The van der Waals surface area contributed by atoms with Crippen LogP contribution in [0.5, 0.6) is 0 Å². The van der Waals surface area contributed by atoms with Crippen LogP contribution in [-0.4, -0.2) is 42.7 Å². The van der Waals surface area contributed by atoms with Crippen molar-refractivity contribution in [1.29, 1.82) is 0 Å². The minimum Gasteiger partial charge on any atom is -0.373 e. The van der Waals surface area contributed by atoms with Crippen LogP contribution < -0.4 is 4.90 Å². The Bertz CT molecular complexity index is 688. The normalized spacial score (nSPS) is 22.3. The minimum atomic E-state index is 0.344. The molecule has 134 valence electrons. The zero-order valence-corrected chi connectivity index (χ0v) is 15.8. The Morgan fingerprint density at radius 3 is 2.80 bits per heavy atom. The second kappa shape index (κ2) is 7.85. The Labute approximate surface area is 154 Å². The van der Waals surface area contributed by atoms with Crippen molar-refractivity contribution in [1.82, 2.24) is 9.88 Å². The number of rotatable bonds is 4. The van der Waals surface area contributed by atoms with Crippen molar-refractivity contribution in [3.05, 3.63) is 45.8 Å². The van der Waals surface area contributed by atoms with Gasteiger partial charge in [-0.25, -0.2) is 4.98 Å². The predicted octanol–water partition coefficient (Wildman–Crippen LogP) is 4.02. The third-order valence-corrected chi connectivity index (χ3v) is 6.37.